The van der Waals surface area contributed by atoms with Crippen molar-refractivity contribution in [1.82, 2.24) is 0 Å². The summed E-state index contributed by atoms with van der Waals surface area (Å²) in [5, 5.41) is 18.2. The largest absolute Gasteiger partial charge is 0.491 e. The van der Waals surface area contributed by atoms with Crippen LogP contribution in [-0.2, 0) is 11.8 Å². The van der Waals surface area contributed by atoms with Crippen molar-refractivity contribution in [3.8, 4) is 11.5 Å². The normalized spacial score (nSPS) is 11.2. The highest BCUT2D eigenvalue weighted by Gasteiger charge is 2.36. The SMILES string of the molecule is OCCOc1ccc(C(Cc2ccccc2)(c2ccccc2)c2ccc(OCCO)cc2)cc1. The van der Waals surface area contributed by atoms with Gasteiger partial charge in [0.05, 0.1) is 13.2 Å². The van der Waals surface area contributed by atoms with Crippen molar-refractivity contribution in [3.63, 3.8) is 0 Å². The zero-order valence-electron chi connectivity index (χ0n) is 19.1. The maximum absolute atomic E-state index is 9.10. The van der Waals surface area contributed by atoms with Crippen LogP contribution < -0.4 is 9.47 Å². The summed E-state index contributed by atoms with van der Waals surface area (Å²) in [5.41, 5.74) is 4.25. The Hall–Kier alpha value is -3.60. The third-order valence-electron chi connectivity index (χ3n) is 5.99. The van der Waals surface area contributed by atoms with Crippen LogP contribution >= 0.6 is 0 Å². The maximum Gasteiger partial charge on any atom is 0.119 e. The molecular formula is C30H30O4. The number of hydrogen-bond acceptors (Lipinski definition) is 4. The highest BCUT2D eigenvalue weighted by Crippen LogP contribution is 2.43. The second-order valence-electron chi connectivity index (χ2n) is 8.13. The lowest BCUT2D eigenvalue weighted by molar-refractivity contribution is 0.201. The third-order valence-corrected chi connectivity index (χ3v) is 5.99. The Bertz CT molecular complexity index is 1070. The first-order valence-corrected chi connectivity index (χ1v) is 11.5. The van der Waals surface area contributed by atoms with E-state index in [9.17, 15) is 0 Å². The first-order valence-electron chi connectivity index (χ1n) is 11.5. The summed E-state index contributed by atoms with van der Waals surface area (Å²) in [6.45, 7) is 0.494. The Morgan fingerprint density at radius 2 is 0.912 bits per heavy atom. The molecule has 0 heterocycles. The first kappa shape index (κ1) is 23.6. The molecule has 0 aliphatic carbocycles. The van der Waals surface area contributed by atoms with Gasteiger partial charge in [0.25, 0.3) is 0 Å². The minimum Gasteiger partial charge on any atom is -0.491 e. The molecule has 4 nitrogen and oxygen atoms in total. The fraction of sp³-hybridized carbons (Fsp3) is 0.200. The van der Waals surface area contributed by atoms with Gasteiger partial charge in [-0.15, -0.1) is 0 Å². The van der Waals surface area contributed by atoms with E-state index in [0.29, 0.717) is 0 Å². The molecule has 0 aliphatic heterocycles. The lowest BCUT2D eigenvalue weighted by Crippen LogP contribution is -2.32. The quantitative estimate of drug-likeness (QED) is 0.313. The van der Waals surface area contributed by atoms with Crippen LogP contribution in [0.4, 0.5) is 0 Å². The number of hydrogen-bond donors (Lipinski definition) is 2. The molecule has 34 heavy (non-hydrogen) atoms. The second-order valence-corrected chi connectivity index (χ2v) is 8.13. The summed E-state index contributed by atoms with van der Waals surface area (Å²) in [4.78, 5) is 0. The lowest BCUT2D eigenvalue weighted by atomic mass is 9.66. The minimum absolute atomic E-state index is 0.0194. The molecule has 0 radical (unpaired) electrons. The Kier molecular flexibility index (Phi) is 7.97. The molecule has 0 spiro atoms. The van der Waals surface area contributed by atoms with Gasteiger partial charge in [-0.05, 0) is 52.9 Å². The molecule has 0 aliphatic rings. The van der Waals surface area contributed by atoms with E-state index < -0.39 is 5.41 Å². The molecule has 0 fully saturated rings. The molecule has 0 unspecified atom stereocenters. The van der Waals surface area contributed by atoms with E-state index in [1.165, 1.54) is 11.1 Å². The van der Waals surface area contributed by atoms with Crippen LogP contribution in [-0.4, -0.2) is 36.6 Å². The fourth-order valence-corrected chi connectivity index (χ4v) is 4.43. The molecular weight excluding hydrogens is 424 g/mol. The van der Waals surface area contributed by atoms with E-state index in [-0.39, 0.29) is 26.4 Å². The summed E-state index contributed by atoms with van der Waals surface area (Å²) in [5.74, 6) is 1.46. The van der Waals surface area contributed by atoms with Crippen molar-refractivity contribution in [2.24, 2.45) is 0 Å². The number of rotatable bonds is 11. The molecule has 4 aromatic rings. The highest BCUT2D eigenvalue weighted by molar-refractivity contribution is 5.53. The summed E-state index contributed by atoms with van der Waals surface area (Å²) in [6.07, 6.45) is 0.769. The maximum atomic E-state index is 9.10. The molecule has 4 heteroatoms. The van der Waals surface area contributed by atoms with E-state index in [0.717, 1.165) is 29.0 Å². The average Bonchev–Trinajstić information content (AvgIpc) is 2.91. The molecule has 0 bridgehead atoms. The van der Waals surface area contributed by atoms with E-state index in [1.54, 1.807) is 0 Å². The van der Waals surface area contributed by atoms with Gasteiger partial charge in [0.15, 0.2) is 0 Å². The lowest BCUT2D eigenvalue weighted by Gasteiger charge is -2.36. The van der Waals surface area contributed by atoms with Crippen molar-refractivity contribution in [1.29, 1.82) is 0 Å². The molecule has 0 saturated heterocycles. The van der Waals surface area contributed by atoms with Gasteiger partial charge >= 0.3 is 0 Å². The smallest absolute Gasteiger partial charge is 0.119 e. The number of ether oxygens (including phenoxy) is 2. The summed E-state index contributed by atoms with van der Waals surface area (Å²) < 4.78 is 11.2. The van der Waals surface area contributed by atoms with Crippen molar-refractivity contribution in [3.05, 3.63) is 131 Å². The zero-order valence-corrected chi connectivity index (χ0v) is 19.1. The van der Waals surface area contributed by atoms with Gasteiger partial charge in [-0.1, -0.05) is 84.9 Å². The third kappa shape index (κ3) is 5.30. The Labute approximate surface area is 201 Å². The zero-order chi connectivity index (χ0) is 23.6. The fourth-order valence-electron chi connectivity index (χ4n) is 4.43. The Morgan fingerprint density at radius 3 is 1.35 bits per heavy atom. The molecule has 0 aromatic heterocycles. The van der Waals surface area contributed by atoms with Crippen LogP contribution in [0, 0.1) is 0 Å². The Morgan fingerprint density at radius 1 is 0.500 bits per heavy atom. The van der Waals surface area contributed by atoms with E-state index in [1.807, 2.05) is 36.4 Å². The van der Waals surface area contributed by atoms with Crippen molar-refractivity contribution >= 4 is 0 Å². The van der Waals surface area contributed by atoms with E-state index in [2.05, 4.69) is 72.8 Å². The predicted octanol–water partition coefficient (Wildman–Crippen LogP) is 5.01. The Balaban J connectivity index is 1.86. The van der Waals surface area contributed by atoms with Gasteiger partial charge in [-0.3, -0.25) is 0 Å². The minimum atomic E-state index is -0.451. The van der Waals surface area contributed by atoms with Crippen LogP contribution in [0.25, 0.3) is 0 Å². The van der Waals surface area contributed by atoms with Crippen LogP contribution in [0.3, 0.4) is 0 Å². The van der Waals surface area contributed by atoms with Crippen molar-refractivity contribution in [2.45, 2.75) is 11.8 Å². The summed E-state index contributed by atoms with van der Waals surface area (Å²) in [7, 11) is 0. The van der Waals surface area contributed by atoms with Crippen molar-refractivity contribution in [2.75, 3.05) is 26.4 Å². The number of aliphatic hydroxyl groups excluding tert-OH is 2. The molecule has 2 N–H and O–H groups in total. The first-order chi connectivity index (χ1) is 16.8. The van der Waals surface area contributed by atoms with E-state index >= 15 is 0 Å². The molecule has 0 saturated carbocycles. The van der Waals surface area contributed by atoms with Crippen LogP contribution in [0.5, 0.6) is 11.5 Å². The predicted molar refractivity (Wildman–Crippen MR) is 135 cm³/mol. The van der Waals surface area contributed by atoms with Gasteiger partial charge in [-0.25, -0.2) is 0 Å². The van der Waals surface area contributed by atoms with Crippen molar-refractivity contribution < 1.29 is 19.7 Å². The van der Waals surface area contributed by atoms with Gasteiger partial charge in [0, 0.05) is 5.41 Å². The summed E-state index contributed by atoms with van der Waals surface area (Å²) >= 11 is 0. The molecule has 4 rings (SSSR count). The summed E-state index contributed by atoms with van der Waals surface area (Å²) in [6, 6.07) is 37.3. The van der Waals surface area contributed by atoms with Crippen LogP contribution in [0.15, 0.2) is 109 Å². The molecule has 174 valence electrons. The van der Waals surface area contributed by atoms with Crippen LogP contribution in [0.1, 0.15) is 22.3 Å². The van der Waals surface area contributed by atoms with Gasteiger partial charge < -0.3 is 19.7 Å². The van der Waals surface area contributed by atoms with Gasteiger partial charge in [0.1, 0.15) is 24.7 Å². The second kappa shape index (κ2) is 11.5. The number of benzene rings is 4. The standard InChI is InChI=1S/C30H30O4/c31-19-21-33-28-15-11-26(12-16-28)30(25-9-5-2-6-10-25,23-24-7-3-1-4-8-24)27-13-17-29(18-14-27)34-22-20-32/h1-18,31-32H,19-23H2. The molecule has 0 atom stereocenters. The molecule has 4 aromatic carbocycles. The van der Waals surface area contributed by atoms with Gasteiger partial charge in [0.2, 0.25) is 0 Å². The highest BCUT2D eigenvalue weighted by atomic mass is 16.5. The number of aliphatic hydroxyl groups is 2. The van der Waals surface area contributed by atoms with E-state index in [4.69, 9.17) is 19.7 Å². The monoisotopic (exact) mass is 454 g/mol. The average molecular weight is 455 g/mol. The molecule has 0 amide bonds. The topological polar surface area (TPSA) is 58.9 Å². The van der Waals surface area contributed by atoms with Crippen LogP contribution in [0.2, 0.25) is 0 Å². The van der Waals surface area contributed by atoms with Gasteiger partial charge in [-0.2, -0.15) is 0 Å².